The summed E-state index contributed by atoms with van der Waals surface area (Å²) in [5, 5.41) is 6.74. The molecule has 0 aliphatic carbocycles. The third kappa shape index (κ3) is 4.65. The Bertz CT molecular complexity index is 307. The van der Waals surface area contributed by atoms with Crippen molar-refractivity contribution in [3.63, 3.8) is 0 Å². The monoisotopic (exact) mass is 235 g/mol. The number of hydrogen-bond donors (Lipinski definition) is 1. The molecule has 0 fully saturated rings. The second-order valence-corrected chi connectivity index (χ2v) is 3.63. The molecule has 0 bridgehead atoms. The van der Waals surface area contributed by atoms with Crippen LogP contribution in [0.1, 0.15) is 25.5 Å². The highest BCUT2D eigenvalue weighted by Gasteiger charge is 2.29. The smallest absolute Gasteiger partial charge is 0.311 e. The summed E-state index contributed by atoms with van der Waals surface area (Å²) < 4.78 is 37.5. The first-order valence-corrected chi connectivity index (χ1v) is 5.31. The van der Waals surface area contributed by atoms with Crippen LogP contribution >= 0.6 is 0 Å². The van der Waals surface area contributed by atoms with Gasteiger partial charge in [0.25, 0.3) is 0 Å². The van der Waals surface area contributed by atoms with Crippen molar-refractivity contribution >= 4 is 0 Å². The normalized spacial score (nSPS) is 12.0. The molecule has 0 unspecified atom stereocenters. The first-order valence-electron chi connectivity index (χ1n) is 5.31. The molecule has 1 rings (SSSR count). The second kappa shape index (κ2) is 5.89. The van der Waals surface area contributed by atoms with Crippen LogP contribution in [0.3, 0.4) is 0 Å². The fourth-order valence-corrected chi connectivity index (χ4v) is 1.34. The Labute approximate surface area is 92.6 Å². The molecule has 0 aliphatic heterocycles. The first-order chi connectivity index (χ1) is 7.53. The molecule has 0 radical (unpaired) electrons. The maximum Gasteiger partial charge on any atom is 0.408 e. The summed E-state index contributed by atoms with van der Waals surface area (Å²) in [6.07, 6.45) is -0.741. The Morgan fingerprint density at radius 1 is 1.44 bits per heavy atom. The lowest BCUT2D eigenvalue weighted by Crippen LogP contribution is -2.23. The largest absolute Gasteiger partial charge is 0.408 e. The van der Waals surface area contributed by atoms with Crippen LogP contribution in [0.25, 0.3) is 0 Å². The van der Waals surface area contributed by atoms with Gasteiger partial charge < -0.3 is 5.32 Å². The Kier molecular flexibility index (Phi) is 4.79. The molecule has 1 aromatic rings. The highest BCUT2D eigenvalue weighted by Crippen LogP contribution is 2.17. The molecule has 6 heteroatoms. The molecule has 3 nitrogen and oxygen atoms in total. The maximum atomic E-state index is 12.2. The molecule has 0 saturated heterocycles. The lowest BCUT2D eigenvalue weighted by atomic mass is 10.3. The van der Waals surface area contributed by atoms with E-state index in [1.165, 1.54) is 6.20 Å². The summed E-state index contributed by atoms with van der Waals surface area (Å²) in [6, 6.07) is 1.60. The number of nitrogens with one attached hydrogen (secondary N) is 1. The number of hydrogen-bond acceptors (Lipinski definition) is 2. The minimum absolute atomic E-state index is 0.427. The second-order valence-electron chi connectivity index (χ2n) is 3.63. The fraction of sp³-hybridized carbons (Fsp3) is 0.700. The minimum atomic E-state index is -4.22. The van der Waals surface area contributed by atoms with E-state index in [9.17, 15) is 13.2 Å². The zero-order valence-corrected chi connectivity index (χ0v) is 9.22. The molecule has 16 heavy (non-hydrogen) atoms. The molecule has 0 spiro atoms. The van der Waals surface area contributed by atoms with E-state index in [0.29, 0.717) is 12.2 Å². The summed E-state index contributed by atoms with van der Waals surface area (Å²) >= 11 is 0. The van der Waals surface area contributed by atoms with Crippen LogP contribution in [-0.2, 0) is 13.1 Å². The van der Waals surface area contributed by atoms with Crippen LogP contribution < -0.4 is 5.32 Å². The van der Waals surface area contributed by atoms with Crippen molar-refractivity contribution in [3.05, 3.63) is 18.0 Å². The van der Waals surface area contributed by atoms with E-state index in [1.807, 2.05) is 0 Å². The molecule has 1 N–H and O–H groups in total. The quantitative estimate of drug-likeness (QED) is 0.767. The third-order valence-corrected chi connectivity index (χ3v) is 2.15. The highest BCUT2D eigenvalue weighted by atomic mass is 19.4. The molecule has 0 amide bonds. The molecule has 0 atom stereocenters. The number of unbranched alkanes of at least 4 members (excludes halogenated alkanes) is 1. The fourth-order valence-electron chi connectivity index (χ4n) is 1.34. The summed E-state index contributed by atoms with van der Waals surface area (Å²) in [6.45, 7) is 2.28. The van der Waals surface area contributed by atoms with Gasteiger partial charge >= 0.3 is 6.18 Å². The molecular formula is C10H16F3N3. The summed E-state index contributed by atoms with van der Waals surface area (Å²) in [4.78, 5) is 0. The van der Waals surface area contributed by atoms with Gasteiger partial charge in [-0.1, -0.05) is 13.3 Å². The predicted molar refractivity (Wildman–Crippen MR) is 54.9 cm³/mol. The summed E-state index contributed by atoms with van der Waals surface area (Å²) in [5.41, 5.74) is 0.563. The number of halogens is 3. The van der Waals surface area contributed by atoms with Crippen molar-refractivity contribution in [1.82, 2.24) is 15.1 Å². The van der Waals surface area contributed by atoms with E-state index in [2.05, 4.69) is 17.3 Å². The van der Waals surface area contributed by atoms with E-state index in [0.717, 1.165) is 24.1 Å². The summed E-state index contributed by atoms with van der Waals surface area (Å²) in [7, 11) is 0. The van der Waals surface area contributed by atoms with Crippen LogP contribution in [0.2, 0.25) is 0 Å². The average molecular weight is 235 g/mol. The Balaban J connectivity index is 2.44. The van der Waals surface area contributed by atoms with Gasteiger partial charge in [-0.2, -0.15) is 18.3 Å². The van der Waals surface area contributed by atoms with E-state index < -0.39 is 12.7 Å². The third-order valence-electron chi connectivity index (χ3n) is 2.15. The number of aromatic nitrogens is 2. The van der Waals surface area contributed by atoms with Gasteiger partial charge in [0.1, 0.15) is 6.54 Å². The Morgan fingerprint density at radius 2 is 2.19 bits per heavy atom. The van der Waals surface area contributed by atoms with Crippen molar-refractivity contribution < 1.29 is 13.2 Å². The SMILES string of the molecule is CCCCNCc1ccnn1CC(F)(F)F. The summed E-state index contributed by atoms with van der Waals surface area (Å²) in [5.74, 6) is 0. The predicted octanol–water partition coefficient (Wildman–Crippen LogP) is 2.34. The molecule has 1 heterocycles. The van der Waals surface area contributed by atoms with E-state index in [4.69, 9.17) is 0 Å². The Hall–Kier alpha value is -1.04. The van der Waals surface area contributed by atoms with Crippen LogP contribution in [0.15, 0.2) is 12.3 Å². The average Bonchev–Trinajstić information content (AvgIpc) is 2.58. The van der Waals surface area contributed by atoms with Gasteiger partial charge in [0.05, 0.1) is 5.69 Å². The number of nitrogens with zero attached hydrogens (tertiary/aromatic N) is 2. The number of alkyl halides is 3. The van der Waals surface area contributed by atoms with Crippen LogP contribution in [0, 0.1) is 0 Å². The van der Waals surface area contributed by atoms with Gasteiger partial charge in [-0.15, -0.1) is 0 Å². The zero-order chi connectivity index (χ0) is 12.0. The lowest BCUT2D eigenvalue weighted by molar-refractivity contribution is -0.143. The van der Waals surface area contributed by atoms with Crippen molar-refractivity contribution in [1.29, 1.82) is 0 Å². The van der Waals surface area contributed by atoms with Crippen molar-refractivity contribution in [3.8, 4) is 0 Å². The molecule has 0 saturated carbocycles. The van der Waals surface area contributed by atoms with Crippen LogP contribution in [0.4, 0.5) is 13.2 Å². The maximum absolute atomic E-state index is 12.2. The van der Waals surface area contributed by atoms with Gasteiger partial charge in [0.2, 0.25) is 0 Å². The Morgan fingerprint density at radius 3 is 2.81 bits per heavy atom. The van der Waals surface area contributed by atoms with Crippen molar-refractivity contribution in [2.24, 2.45) is 0 Å². The van der Waals surface area contributed by atoms with E-state index in [1.54, 1.807) is 6.07 Å². The molecule has 1 aromatic heterocycles. The van der Waals surface area contributed by atoms with Gasteiger partial charge in [0.15, 0.2) is 0 Å². The van der Waals surface area contributed by atoms with Crippen LogP contribution in [-0.4, -0.2) is 22.5 Å². The first kappa shape index (κ1) is 13.0. The van der Waals surface area contributed by atoms with Crippen molar-refractivity contribution in [2.75, 3.05) is 6.54 Å². The van der Waals surface area contributed by atoms with Gasteiger partial charge in [-0.05, 0) is 19.0 Å². The minimum Gasteiger partial charge on any atom is -0.311 e. The molecular weight excluding hydrogens is 219 g/mol. The molecule has 92 valence electrons. The lowest BCUT2D eigenvalue weighted by Gasteiger charge is -2.10. The van der Waals surface area contributed by atoms with E-state index in [-0.39, 0.29) is 0 Å². The van der Waals surface area contributed by atoms with Gasteiger partial charge in [-0.25, -0.2) is 0 Å². The number of rotatable bonds is 6. The zero-order valence-electron chi connectivity index (χ0n) is 9.22. The van der Waals surface area contributed by atoms with E-state index >= 15 is 0 Å². The standard InChI is InChI=1S/C10H16F3N3/c1-2-3-5-14-7-9-4-6-15-16(9)8-10(11,12)13/h4,6,14H,2-3,5,7-8H2,1H3. The van der Waals surface area contributed by atoms with Crippen LogP contribution in [0.5, 0.6) is 0 Å². The molecule has 0 aliphatic rings. The van der Waals surface area contributed by atoms with Gasteiger partial charge in [-0.3, -0.25) is 4.68 Å². The van der Waals surface area contributed by atoms with Crippen molar-refractivity contribution in [2.45, 2.75) is 39.0 Å². The molecule has 0 aromatic carbocycles. The highest BCUT2D eigenvalue weighted by molar-refractivity contribution is 5.00. The topological polar surface area (TPSA) is 29.9 Å². The van der Waals surface area contributed by atoms with Gasteiger partial charge in [0, 0.05) is 12.7 Å².